The van der Waals surface area contributed by atoms with E-state index in [1.807, 2.05) is 0 Å². The van der Waals surface area contributed by atoms with Crippen molar-refractivity contribution >= 4 is 15.9 Å². The number of hydrogen-bond donors (Lipinski definition) is 1. The van der Waals surface area contributed by atoms with Gasteiger partial charge in [0, 0.05) is 19.0 Å². The number of rotatable bonds is 3. The third-order valence-electron chi connectivity index (χ3n) is 5.48. The van der Waals surface area contributed by atoms with E-state index < -0.39 is 10.0 Å². The molecule has 1 spiro atoms. The molecule has 0 aliphatic carbocycles. The van der Waals surface area contributed by atoms with E-state index in [0.717, 1.165) is 32.5 Å². The van der Waals surface area contributed by atoms with E-state index in [1.165, 1.54) is 11.4 Å². The Morgan fingerprint density at radius 2 is 1.96 bits per heavy atom. The van der Waals surface area contributed by atoms with Gasteiger partial charge in [0.25, 0.3) is 0 Å². The maximum absolute atomic E-state index is 13.2. The van der Waals surface area contributed by atoms with Gasteiger partial charge >= 0.3 is 0 Å². The summed E-state index contributed by atoms with van der Waals surface area (Å²) in [5.74, 6) is 0.0556. The molecule has 1 saturated heterocycles. The summed E-state index contributed by atoms with van der Waals surface area (Å²) < 4.78 is 33.8. The first-order valence-electron chi connectivity index (χ1n) is 9.05. The molecule has 0 bridgehead atoms. The third-order valence-corrected chi connectivity index (χ3v) is 7.31. The molecular weight excluding hydrogens is 354 g/mol. The zero-order chi connectivity index (χ0) is 18.8. The van der Waals surface area contributed by atoms with Crippen LogP contribution in [0.4, 0.5) is 0 Å². The Kier molecular flexibility index (Phi) is 5.55. The van der Waals surface area contributed by atoms with E-state index in [1.54, 1.807) is 24.3 Å². The first-order valence-corrected chi connectivity index (χ1v) is 10.5. The second kappa shape index (κ2) is 7.54. The summed E-state index contributed by atoms with van der Waals surface area (Å²) in [5, 5.41) is 2.53. The average Bonchev–Trinajstić information content (AvgIpc) is 2.66. The number of carbonyl (C=O) groups excluding carboxylic acids is 1. The molecule has 1 N–H and O–H groups in total. The van der Waals surface area contributed by atoms with Crippen molar-refractivity contribution in [2.75, 3.05) is 46.4 Å². The molecule has 8 heteroatoms. The van der Waals surface area contributed by atoms with Crippen molar-refractivity contribution < 1.29 is 17.9 Å². The summed E-state index contributed by atoms with van der Waals surface area (Å²) in [6.45, 7) is 5.53. The number of piperidine rings is 1. The second-order valence-corrected chi connectivity index (χ2v) is 9.02. The molecule has 1 aromatic rings. The molecule has 0 radical (unpaired) electrons. The topological polar surface area (TPSA) is 79.0 Å². The van der Waals surface area contributed by atoms with Gasteiger partial charge in [-0.15, -0.1) is 0 Å². The lowest BCUT2D eigenvalue weighted by Crippen LogP contribution is -2.53. The molecule has 26 heavy (non-hydrogen) atoms. The summed E-state index contributed by atoms with van der Waals surface area (Å²) in [5.41, 5.74) is -0.277. The molecule has 0 saturated carbocycles. The van der Waals surface area contributed by atoms with Crippen LogP contribution in [0.3, 0.4) is 0 Å². The van der Waals surface area contributed by atoms with Crippen molar-refractivity contribution in [1.82, 2.24) is 14.5 Å². The lowest BCUT2D eigenvalue weighted by atomic mass is 9.79. The Labute approximate surface area is 155 Å². The van der Waals surface area contributed by atoms with Gasteiger partial charge in [-0.2, -0.15) is 4.31 Å². The minimum absolute atomic E-state index is 0.129. The second-order valence-electron chi connectivity index (χ2n) is 7.12. The fourth-order valence-corrected chi connectivity index (χ4v) is 5.32. The van der Waals surface area contributed by atoms with Gasteiger partial charge < -0.3 is 15.0 Å². The highest BCUT2D eigenvalue weighted by atomic mass is 32.2. The Morgan fingerprint density at radius 1 is 1.27 bits per heavy atom. The predicted octanol–water partition coefficient (Wildman–Crippen LogP) is 0.918. The van der Waals surface area contributed by atoms with Crippen LogP contribution in [0.5, 0.6) is 5.75 Å². The number of fused-ring (bicyclic) bond motifs is 1. The molecule has 2 heterocycles. The Morgan fingerprint density at radius 3 is 2.62 bits per heavy atom. The van der Waals surface area contributed by atoms with Gasteiger partial charge in [-0.3, -0.25) is 4.79 Å². The van der Waals surface area contributed by atoms with Crippen LogP contribution in [0.1, 0.15) is 19.8 Å². The Hall–Kier alpha value is -1.64. The van der Waals surface area contributed by atoms with Crippen molar-refractivity contribution in [2.24, 2.45) is 5.41 Å². The van der Waals surface area contributed by atoms with Gasteiger partial charge in [-0.25, -0.2) is 8.42 Å². The van der Waals surface area contributed by atoms with Crippen molar-refractivity contribution in [3.63, 3.8) is 0 Å². The molecule has 144 valence electrons. The molecule has 0 unspecified atom stereocenters. The SMILES string of the molecule is CCN1CCC2(CC1)COc1ccccc1S(=O)(=O)N(CC(=O)NC)C2. The molecule has 2 aliphatic rings. The fourth-order valence-electron chi connectivity index (χ4n) is 3.68. The van der Waals surface area contributed by atoms with Crippen LogP contribution in [0.25, 0.3) is 0 Å². The highest BCUT2D eigenvalue weighted by Gasteiger charge is 2.43. The van der Waals surface area contributed by atoms with E-state index in [0.29, 0.717) is 18.9 Å². The zero-order valence-electron chi connectivity index (χ0n) is 15.4. The number of carbonyl (C=O) groups is 1. The largest absolute Gasteiger partial charge is 0.492 e. The van der Waals surface area contributed by atoms with Crippen LogP contribution in [-0.2, 0) is 14.8 Å². The van der Waals surface area contributed by atoms with Gasteiger partial charge in [-0.05, 0) is 44.6 Å². The lowest BCUT2D eigenvalue weighted by molar-refractivity contribution is -0.121. The average molecular weight is 381 g/mol. The quantitative estimate of drug-likeness (QED) is 0.842. The molecule has 1 amide bonds. The number of nitrogens with zero attached hydrogens (tertiary/aromatic N) is 2. The van der Waals surface area contributed by atoms with Crippen LogP contribution in [0.2, 0.25) is 0 Å². The standard InChI is InChI=1S/C18H27N3O4S/c1-3-20-10-8-18(9-11-20)13-21(12-17(22)19-2)26(23,24)16-7-5-4-6-15(16)25-14-18/h4-7H,3,8-14H2,1-2H3,(H,19,22). The van der Waals surface area contributed by atoms with E-state index in [4.69, 9.17) is 4.74 Å². The maximum atomic E-state index is 13.2. The monoisotopic (exact) mass is 381 g/mol. The van der Waals surface area contributed by atoms with E-state index in [9.17, 15) is 13.2 Å². The number of ether oxygens (including phenoxy) is 1. The summed E-state index contributed by atoms with van der Waals surface area (Å²) in [4.78, 5) is 14.5. The molecule has 1 fully saturated rings. The zero-order valence-corrected chi connectivity index (χ0v) is 16.2. The summed E-state index contributed by atoms with van der Waals surface area (Å²) in [7, 11) is -2.29. The van der Waals surface area contributed by atoms with Gasteiger partial charge in [0.05, 0.1) is 13.2 Å². The Bertz CT molecular complexity index is 757. The van der Waals surface area contributed by atoms with Crippen LogP contribution in [-0.4, -0.2) is 69.9 Å². The van der Waals surface area contributed by atoms with Gasteiger partial charge in [-0.1, -0.05) is 19.1 Å². The first kappa shape index (κ1) is 19.1. The molecule has 2 aliphatic heterocycles. The van der Waals surface area contributed by atoms with Gasteiger partial charge in [0.2, 0.25) is 15.9 Å². The fraction of sp³-hybridized carbons (Fsp3) is 0.611. The number of likely N-dealkylation sites (tertiary alicyclic amines) is 1. The number of benzene rings is 1. The third kappa shape index (κ3) is 3.72. The van der Waals surface area contributed by atoms with Gasteiger partial charge in [0.1, 0.15) is 10.6 Å². The molecule has 7 nitrogen and oxygen atoms in total. The predicted molar refractivity (Wildman–Crippen MR) is 98.5 cm³/mol. The number of nitrogens with one attached hydrogen (secondary N) is 1. The maximum Gasteiger partial charge on any atom is 0.247 e. The highest BCUT2D eigenvalue weighted by molar-refractivity contribution is 7.89. The van der Waals surface area contributed by atoms with Crippen LogP contribution in [0, 0.1) is 5.41 Å². The summed E-state index contributed by atoms with van der Waals surface area (Å²) >= 11 is 0. The van der Waals surface area contributed by atoms with Crippen LogP contribution in [0.15, 0.2) is 29.2 Å². The van der Waals surface area contributed by atoms with Crippen molar-refractivity contribution in [1.29, 1.82) is 0 Å². The van der Waals surface area contributed by atoms with Crippen LogP contribution < -0.4 is 10.1 Å². The van der Waals surface area contributed by atoms with Crippen molar-refractivity contribution in [2.45, 2.75) is 24.7 Å². The number of hydrogen-bond acceptors (Lipinski definition) is 5. The molecular formula is C18H27N3O4S. The number of likely N-dealkylation sites (N-methyl/N-ethyl adjacent to an activating group) is 1. The number of amides is 1. The number of para-hydroxylation sites is 1. The van der Waals surface area contributed by atoms with E-state index in [2.05, 4.69) is 17.1 Å². The minimum Gasteiger partial charge on any atom is -0.492 e. The van der Waals surface area contributed by atoms with Gasteiger partial charge in [0.15, 0.2) is 0 Å². The van der Waals surface area contributed by atoms with Crippen molar-refractivity contribution in [3.05, 3.63) is 24.3 Å². The highest BCUT2D eigenvalue weighted by Crippen LogP contribution is 2.39. The molecule has 0 atom stereocenters. The number of sulfonamides is 1. The molecule has 1 aromatic carbocycles. The lowest BCUT2D eigenvalue weighted by Gasteiger charge is -2.44. The summed E-state index contributed by atoms with van der Waals surface area (Å²) in [6, 6.07) is 6.67. The van der Waals surface area contributed by atoms with Crippen LogP contribution >= 0.6 is 0 Å². The van der Waals surface area contributed by atoms with E-state index in [-0.39, 0.29) is 22.8 Å². The minimum atomic E-state index is -3.81. The Balaban J connectivity index is 1.98. The normalized spacial score (nSPS) is 22.7. The van der Waals surface area contributed by atoms with Crippen molar-refractivity contribution in [3.8, 4) is 5.75 Å². The van der Waals surface area contributed by atoms with E-state index >= 15 is 0 Å². The summed E-state index contributed by atoms with van der Waals surface area (Å²) in [6.07, 6.45) is 1.70. The smallest absolute Gasteiger partial charge is 0.247 e. The molecule has 0 aromatic heterocycles. The first-order chi connectivity index (χ1) is 12.4. The molecule has 3 rings (SSSR count).